The Morgan fingerprint density at radius 1 is 1.00 bits per heavy atom. The van der Waals surface area contributed by atoms with Gasteiger partial charge in [-0.25, -0.2) is 0 Å². The quantitative estimate of drug-likeness (QED) is 0.257. The zero-order valence-electron chi connectivity index (χ0n) is 23.4. The summed E-state index contributed by atoms with van der Waals surface area (Å²) in [5.74, 6) is -1.98. The SMILES string of the molecule is CC(C)C(=O)OCOc1c(C(=O)NC2CC(C)(C)CC(C)(C)C2)cccc1N(C=O)COC(=O)C(C)C. The molecule has 1 fully saturated rings. The minimum Gasteiger partial charge on any atom is -0.454 e. The zero-order chi connectivity index (χ0) is 28.0. The third-order valence-corrected chi connectivity index (χ3v) is 6.26. The van der Waals surface area contributed by atoms with Crippen LogP contribution in [-0.2, 0) is 23.9 Å². The molecule has 0 aromatic heterocycles. The molecule has 1 aromatic rings. The van der Waals surface area contributed by atoms with Crippen LogP contribution < -0.4 is 15.0 Å². The number of para-hydroxylation sites is 1. The number of amides is 2. The molecule has 1 aliphatic rings. The Balaban J connectivity index is 2.36. The van der Waals surface area contributed by atoms with Crippen LogP contribution in [0.15, 0.2) is 18.2 Å². The minimum atomic E-state index is -0.475. The van der Waals surface area contributed by atoms with Gasteiger partial charge in [0.15, 0.2) is 12.5 Å². The average molecular weight is 519 g/mol. The van der Waals surface area contributed by atoms with Gasteiger partial charge in [0.1, 0.15) is 0 Å². The van der Waals surface area contributed by atoms with E-state index in [-0.39, 0.29) is 58.3 Å². The maximum absolute atomic E-state index is 13.5. The molecule has 0 bridgehead atoms. The molecule has 0 saturated heterocycles. The van der Waals surface area contributed by atoms with Crippen LogP contribution in [0.5, 0.6) is 5.75 Å². The van der Waals surface area contributed by atoms with Crippen molar-refractivity contribution in [2.45, 2.75) is 80.7 Å². The molecular formula is C28H42N2O7. The summed E-state index contributed by atoms with van der Waals surface area (Å²) in [7, 11) is 0. The summed E-state index contributed by atoms with van der Waals surface area (Å²) in [5, 5.41) is 3.13. The van der Waals surface area contributed by atoms with Gasteiger partial charge in [0, 0.05) is 6.04 Å². The maximum Gasteiger partial charge on any atom is 0.311 e. The van der Waals surface area contributed by atoms with E-state index >= 15 is 0 Å². The molecule has 0 spiro atoms. The molecule has 2 amide bonds. The fourth-order valence-corrected chi connectivity index (χ4v) is 5.06. The number of carbonyl (C=O) groups is 4. The van der Waals surface area contributed by atoms with Gasteiger partial charge in [-0.2, -0.15) is 0 Å². The van der Waals surface area contributed by atoms with Gasteiger partial charge >= 0.3 is 11.9 Å². The number of benzene rings is 1. The summed E-state index contributed by atoms with van der Waals surface area (Å²) in [4.78, 5) is 50.5. The summed E-state index contributed by atoms with van der Waals surface area (Å²) in [6.45, 7) is 14.7. The monoisotopic (exact) mass is 518 g/mol. The van der Waals surface area contributed by atoms with Gasteiger partial charge in [-0.1, -0.05) is 61.5 Å². The smallest absolute Gasteiger partial charge is 0.311 e. The van der Waals surface area contributed by atoms with Crippen molar-refractivity contribution in [2.75, 3.05) is 18.4 Å². The molecule has 1 saturated carbocycles. The van der Waals surface area contributed by atoms with Crippen molar-refractivity contribution < 1.29 is 33.4 Å². The van der Waals surface area contributed by atoms with Crippen molar-refractivity contribution in [1.29, 1.82) is 0 Å². The molecule has 2 rings (SSSR count). The van der Waals surface area contributed by atoms with Crippen LogP contribution in [0.4, 0.5) is 5.69 Å². The molecule has 1 aliphatic carbocycles. The van der Waals surface area contributed by atoms with E-state index in [1.54, 1.807) is 45.9 Å². The fraction of sp³-hybridized carbons (Fsp3) is 0.643. The Labute approximate surface area is 220 Å². The number of anilines is 1. The second kappa shape index (κ2) is 12.4. The van der Waals surface area contributed by atoms with Crippen LogP contribution in [-0.4, -0.2) is 43.8 Å². The molecule has 0 radical (unpaired) electrons. The lowest BCUT2D eigenvalue weighted by molar-refractivity contribution is -0.154. The summed E-state index contributed by atoms with van der Waals surface area (Å²) in [6.07, 6.45) is 3.20. The van der Waals surface area contributed by atoms with Crippen molar-refractivity contribution >= 4 is 29.9 Å². The summed E-state index contributed by atoms with van der Waals surface area (Å²) in [5.41, 5.74) is 0.534. The van der Waals surface area contributed by atoms with Gasteiger partial charge in [0.25, 0.3) is 5.91 Å². The summed E-state index contributed by atoms with van der Waals surface area (Å²) < 4.78 is 16.2. The van der Waals surface area contributed by atoms with Gasteiger partial charge in [-0.3, -0.25) is 24.1 Å². The Hall–Kier alpha value is -3.10. The Bertz CT molecular complexity index is 969. The van der Waals surface area contributed by atoms with Gasteiger partial charge in [-0.15, -0.1) is 0 Å². The molecule has 1 aromatic carbocycles. The Morgan fingerprint density at radius 3 is 2.11 bits per heavy atom. The standard InChI is InChI=1S/C28H42N2O7/c1-18(2)25(33)35-16-30(15-31)22-11-9-10-21(23(22)36-17-37-26(34)19(3)4)24(32)29-20-12-27(5,6)14-28(7,8)13-20/h9-11,15,18-20H,12-14,16-17H2,1-8H3,(H,29,32). The summed E-state index contributed by atoms with van der Waals surface area (Å²) in [6, 6.07) is 4.73. The molecule has 0 unspecified atom stereocenters. The van der Waals surface area contributed by atoms with Gasteiger partial charge < -0.3 is 19.5 Å². The largest absolute Gasteiger partial charge is 0.454 e. The molecule has 0 heterocycles. The topological polar surface area (TPSA) is 111 Å². The van der Waals surface area contributed by atoms with Gasteiger partial charge in [0.05, 0.1) is 23.1 Å². The van der Waals surface area contributed by atoms with E-state index in [2.05, 4.69) is 33.0 Å². The van der Waals surface area contributed by atoms with Gasteiger partial charge in [-0.05, 0) is 42.2 Å². The van der Waals surface area contributed by atoms with Crippen molar-refractivity contribution in [2.24, 2.45) is 22.7 Å². The normalized spacial score (nSPS) is 16.7. The summed E-state index contributed by atoms with van der Waals surface area (Å²) >= 11 is 0. The first-order valence-electron chi connectivity index (χ1n) is 12.8. The molecule has 9 nitrogen and oxygen atoms in total. The molecule has 37 heavy (non-hydrogen) atoms. The fourth-order valence-electron chi connectivity index (χ4n) is 5.06. The van der Waals surface area contributed by atoms with Crippen LogP contribution in [0.25, 0.3) is 0 Å². The predicted octanol–water partition coefficient (Wildman–Crippen LogP) is 4.68. The van der Waals surface area contributed by atoms with E-state index in [9.17, 15) is 19.2 Å². The molecule has 0 aliphatic heterocycles. The Kier molecular flexibility index (Phi) is 10.1. The number of hydrogen-bond acceptors (Lipinski definition) is 7. The zero-order valence-corrected chi connectivity index (χ0v) is 23.4. The molecule has 1 N–H and O–H groups in total. The first-order chi connectivity index (χ1) is 17.2. The van der Waals surface area contributed by atoms with Crippen molar-refractivity contribution in [1.82, 2.24) is 5.32 Å². The van der Waals surface area contributed by atoms with Crippen molar-refractivity contribution in [3.8, 4) is 5.75 Å². The number of rotatable bonds is 11. The number of esters is 2. The molecular weight excluding hydrogens is 476 g/mol. The van der Waals surface area contributed by atoms with E-state index in [4.69, 9.17) is 14.2 Å². The Morgan fingerprint density at radius 2 is 1.57 bits per heavy atom. The third kappa shape index (κ3) is 8.76. The van der Waals surface area contributed by atoms with E-state index in [1.165, 1.54) is 0 Å². The first kappa shape index (κ1) is 30.1. The lowest BCUT2D eigenvalue weighted by Gasteiger charge is -2.45. The minimum absolute atomic E-state index is 0.0457. The highest BCUT2D eigenvalue weighted by molar-refractivity contribution is 6.00. The lowest BCUT2D eigenvalue weighted by atomic mass is 9.63. The molecule has 206 valence electrons. The van der Waals surface area contributed by atoms with E-state index in [1.807, 2.05) is 0 Å². The van der Waals surface area contributed by atoms with Crippen molar-refractivity contribution in [3.63, 3.8) is 0 Å². The highest BCUT2D eigenvalue weighted by Crippen LogP contribution is 2.45. The maximum atomic E-state index is 13.5. The van der Waals surface area contributed by atoms with Crippen LogP contribution in [0.2, 0.25) is 0 Å². The van der Waals surface area contributed by atoms with Crippen LogP contribution in [0.1, 0.15) is 85.0 Å². The number of hydrogen-bond donors (Lipinski definition) is 1. The number of nitrogens with one attached hydrogen (secondary N) is 1. The van der Waals surface area contributed by atoms with Gasteiger partial charge in [0.2, 0.25) is 13.2 Å². The predicted molar refractivity (Wildman–Crippen MR) is 140 cm³/mol. The number of nitrogens with zero attached hydrogens (tertiary/aromatic N) is 1. The van der Waals surface area contributed by atoms with Crippen LogP contribution >= 0.6 is 0 Å². The lowest BCUT2D eigenvalue weighted by Crippen LogP contribution is -2.46. The second-order valence-electron chi connectivity index (χ2n) is 11.9. The number of ether oxygens (including phenoxy) is 3. The highest BCUT2D eigenvalue weighted by atomic mass is 16.7. The average Bonchev–Trinajstić information content (AvgIpc) is 2.77. The first-order valence-corrected chi connectivity index (χ1v) is 12.8. The van der Waals surface area contributed by atoms with Crippen LogP contribution in [0.3, 0.4) is 0 Å². The highest BCUT2D eigenvalue weighted by Gasteiger charge is 2.39. The molecule has 0 atom stereocenters. The molecule has 9 heteroatoms. The van der Waals surface area contributed by atoms with E-state index in [0.29, 0.717) is 6.41 Å². The third-order valence-electron chi connectivity index (χ3n) is 6.26. The second-order valence-corrected chi connectivity index (χ2v) is 11.9. The van der Waals surface area contributed by atoms with Crippen LogP contribution in [0, 0.1) is 22.7 Å². The number of carbonyl (C=O) groups excluding carboxylic acids is 4. The van der Waals surface area contributed by atoms with E-state index < -0.39 is 18.7 Å². The van der Waals surface area contributed by atoms with Crippen molar-refractivity contribution in [3.05, 3.63) is 23.8 Å². The van der Waals surface area contributed by atoms with E-state index in [0.717, 1.165) is 24.2 Å².